The molecule has 1 heterocycles. The summed E-state index contributed by atoms with van der Waals surface area (Å²) in [5, 5.41) is 4.12. The molecule has 3 N–H and O–H groups in total. The molecule has 1 fully saturated rings. The van der Waals surface area contributed by atoms with Gasteiger partial charge >= 0.3 is 6.03 Å². The molecule has 1 aliphatic rings. The topological polar surface area (TPSA) is 58.4 Å². The maximum absolute atomic E-state index is 11.0. The summed E-state index contributed by atoms with van der Waals surface area (Å²) < 4.78 is 0. The monoisotopic (exact) mass is 325 g/mol. The van der Waals surface area contributed by atoms with E-state index in [9.17, 15) is 4.79 Å². The first kappa shape index (κ1) is 18.2. The zero-order valence-corrected chi connectivity index (χ0v) is 12.7. The molecule has 1 aromatic rings. The highest BCUT2D eigenvalue weighted by molar-refractivity contribution is 6.33. The van der Waals surface area contributed by atoms with Gasteiger partial charge in [-0.25, -0.2) is 4.79 Å². The van der Waals surface area contributed by atoms with Gasteiger partial charge < -0.3 is 16.0 Å². The van der Waals surface area contributed by atoms with Gasteiger partial charge in [-0.3, -0.25) is 0 Å². The van der Waals surface area contributed by atoms with Crippen LogP contribution in [0.4, 0.5) is 10.5 Å². The van der Waals surface area contributed by atoms with E-state index in [-0.39, 0.29) is 30.8 Å². The van der Waals surface area contributed by atoms with Crippen molar-refractivity contribution in [2.75, 3.05) is 18.4 Å². The predicted octanol–water partition coefficient (Wildman–Crippen LogP) is 3.14. The molecule has 2 rings (SSSR count). The van der Waals surface area contributed by atoms with Crippen molar-refractivity contribution in [3.63, 3.8) is 0 Å². The zero-order chi connectivity index (χ0) is 12.3. The Hall–Kier alpha value is -0.840. The van der Waals surface area contributed by atoms with E-state index < -0.39 is 0 Å². The highest BCUT2D eigenvalue weighted by Gasteiger charge is 2.21. The number of urea groups is 1. The highest BCUT2D eigenvalue weighted by atomic mass is 35.5. The maximum Gasteiger partial charge on any atom is 0.314 e. The molecule has 2 amide bonds. The molecule has 4 nitrogen and oxygen atoms in total. The van der Waals surface area contributed by atoms with Crippen molar-refractivity contribution >= 4 is 48.1 Å². The summed E-state index contributed by atoms with van der Waals surface area (Å²) in [6, 6.07) is 7.70. The number of rotatable bonds is 2. The fourth-order valence-electron chi connectivity index (χ4n) is 2.04. The lowest BCUT2D eigenvalue weighted by Gasteiger charge is -2.31. The van der Waals surface area contributed by atoms with Gasteiger partial charge in [0.15, 0.2) is 0 Å². The fourth-order valence-corrected chi connectivity index (χ4v) is 2.23. The lowest BCUT2D eigenvalue weighted by atomic mass is 10.0. The second-order valence-electron chi connectivity index (χ2n) is 4.22. The Balaban J connectivity index is 0.00000162. The molecule has 19 heavy (non-hydrogen) atoms. The molecular formula is C12H18Cl3N3O. The van der Waals surface area contributed by atoms with Crippen LogP contribution in [0.15, 0.2) is 24.3 Å². The highest BCUT2D eigenvalue weighted by Crippen LogP contribution is 2.23. The number of amides is 2. The van der Waals surface area contributed by atoms with Gasteiger partial charge in [0.2, 0.25) is 0 Å². The summed E-state index contributed by atoms with van der Waals surface area (Å²) in [5.74, 6) is 0. The summed E-state index contributed by atoms with van der Waals surface area (Å²) in [6.45, 7) is 1.41. The molecule has 0 aliphatic carbocycles. The number of nitrogens with two attached hydrogens (primary N) is 1. The average molecular weight is 327 g/mol. The largest absolute Gasteiger partial charge is 0.381 e. The zero-order valence-electron chi connectivity index (χ0n) is 10.3. The van der Waals surface area contributed by atoms with E-state index in [1.165, 1.54) is 0 Å². The number of anilines is 1. The van der Waals surface area contributed by atoms with Crippen molar-refractivity contribution in [2.45, 2.75) is 18.9 Å². The molecule has 1 aliphatic heterocycles. The number of nitrogens with one attached hydrogen (secondary N) is 1. The third kappa shape index (κ3) is 4.97. The first-order chi connectivity index (χ1) is 8.16. The van der Waals surface area contributed by atoms with Gasteiger partial charge in [0, 0.05) is 19.1 Å². The number of para-hydroxylation sites is 1. The Morgan fingerprint density at radius 3 is 2.37 bits per heavy atom. The number of halogens is 3. The van der Waals surface area contributed by atoms with E-state index in [1.54, 1.807) is 4.90 Å². The molecule has 0 atom stereocenters. The van der Waals surface area contributed by atoms with Crippen molar-refractivity contribution in [1.82, 2.24) is 4.90 Å². The number of hydrogen-bond acceptors (Lipinski definition) is 2. The van der Waals surface area contributed by atoms with Crippen LogP contribution in [0.2, 0.25) is 5.02 Å². The number of carbonyl (C=O) groups is 1. The third-order valence-electron chi connectivity index (χ3n) is 3.04. The molecule has 1 aromatic carbocycles. The number of piperidine rings is 1. The molecule has 0 radical (unpaired) electrons. The van der Waals surface area contributed by atoms with Crippen molar-refractivity contribution in [3.05, 3.63) is 29.3 Å². The standard InChI is InChI=1S/C12H16ClN3O.2ClH/c13-10-3-1-2-4-11(10)15-9-5-7-16(8-6-9)12(14)17;;/h1-4,9,15H,5-8H2,(H2,14,17);2*1H. The van der Waals surface area contributed by atoms with Crippen LogP contribution < -0.4 is 11.1 Å². The van der Waals surface area contributed by atoms with Crippen molar-refractivity contribution in [1.29, 1.82) is 0 Å². The van der Waals surface area contributed by atoms with E-state index >= 15 is 0 Å². The first-order valence-corrected chi connectivity index (χ1v) is 6.10. The number of likely N-dealkylation sites (tertiary alicyclic amines) is 1. The fraction of sp³-hybridized carbons (Fsp3) is 0.417. The van der Waals surface area contributed by atoms with Gasteiger partial charge in [0.25, 0.3) is 0 Å². The van der Waals surface area contributed by atoms with E-state index in [2.05, 4.69) is 5.32 Å². The second kappa shape index (κ2) is 8.35. The number of carbonyl (C=O) groups excluding carboxylic acids is 1. The van der Waals surface area contributed by atoms with Gasteiger partial charge in [0.05, 0.1) is 10.7 Å². The molecule has 0 spiro atoms. The summed E-state index contributed by atoms with van der Waals surface area (Å²) in [7, 11) is 0. The Kier molecular flexibility index (Phi) is 7.99. The van der Waals surface area contributed by atoms with Crippen LogP contribution in [0.25, 0.3) is 0 Å². The average Bonchev–Trinajstić information content (AvgIpc) is 2.33. The summed E-state index contributed by atoms with van der Waals surface area (Å²) in [5.41, 5.74) is 6.19. The van der Waals surface area contributed by atoms with Gasteiger partial charge in [-0.1, -0.05) is 23.7 Å². The summed E-state index contributed by atoms with van der Waals surface area (Å²) >= 11 is 6.08. The molecule has 0 unspecified atom stereocenters. The Morgan fingerprint density at radius 1 is 1.26 bits per heavy atom. The summed E-state index contributed by atoms with van der Waals surface area (Å²) in [4.78, 5) is 12.7. The number of hydrogen-bond donors (Lipinski definition) is 2. The van der Waals surface area contributed by atoms with Crippen LogP contribution in [-0.4, -0.2) is 30.1 Å². The minimum absolute atomic E-state index is 0. The molecule has 7 heteroatoms. The van der Waals surface area contributed by atoms with Crippen molar-refractivity contribution < 1.29 is 4.79 Å². The van der Waals surface area contributed by atoms with E-state index in [4.69, 9.17) is 17.3 Å². The lowest BCUT2D eigenvalue weighted by molar-refractivity contribution is 0.193. The SMILES string of the molecule is Cl.Cl.NC(=O)N1CCC(Nc2ccccc2Cl)CC1. The van der Waals surface area contributed by atoms with E-state index in [0.29, 0.717) is 19.1 Å². The quantitative estimate of drug-likeness (QED) is 0.877. The second-order valence-corrected chi connectivity index (χ2v) is 4.63. The molecule has 0 saturated carbocycles. The first-order valence-electron chi connectivity index (χ1n) is 5.72. The van der Waals surface area contributed by atoms with E-state index in [1.807, 2.05) is 24.3 Å². The normalized spacial score (nSPS) is 15.1. The molecule has 108 valence electrons. The van der Waals surface area contributed by atoms with Gasteiger partial charge in [-0.15, -0.1) is 24.8 Å². The van der Waals surface area contributed by atoms with Gasteiger partial charge in [-0.2, -0.15) is 0 Å². The Morgan fingerprint density at radius 2 is 1.84 bits per heavy atom. The lowest BCUT2D eigenvalue weighted by Crippen LogP contribution is -2.44. The molecule has 0 aromatic heterocycles. The van der Waals surface area contributed by atoms with Crippen molar-refractivity contribution in [3.8, 4) is 0 Å². The minimum Gasteiger partial charge on any atom is -0.381 e. The van der Waals surface area contributed by atoms with Crippen LogP contribution in [0.5, 0.6) is 0 Å². The Labute approximate surface area is 130 Å². The van der Waals surface area contributed by atoms with Crippen LogP contribution in [0.3, 0.4) is 0 Å². The summed E-state index contributed by atoms with van der Waals surface area (Å²) in [6.07, 6.45) is 1.79. The Bertz CT molecular complexity index is 409. The van der Waals surface area contributed by atoms with Crippen molar-refractivity contribution in [2.24, 2.45) is 5.73 Å². The van der Waals surface area contributed by atoms with Crippen LogP contribution in [0.1, 0.15) is 12.8 Å². The van der Waals surface area contributed by atoms with Crippen LogP contribution in [-0.2, 0) is 0 Å². The van der Waals surface area contributed by atoms with Gasteiger partial charge in [-0.05, 0) is 25.0 Å². The number of nitrogens with zero attached hydrogens (tertiary/aromatic N) is 1. The minimum atomic E-state index is -0.332. The van der Waals surface area contributed by atoms with Crippen LogP contribution in [0, 0.1) is 0 Å². The predicted molar refractivity (Wildman–Crippen MR) is 83.7 cm³/mol. The molecule has 1 saturated heterocycles. The van der Waals surface area contributed by atoms with E-state index in [0.717, 1.165) is 23.6 Å². The molecular weight excluding hydrogens is 309 g/mol. The molecule has 0 bridgehead atoms. The van der Waals surface area contributed by atoms with Gasteiger partial charge in [0.1, 0.15) is 0 Å². The number of primary amides is 1. The third-order valence-corrected chi connectivity index (χ3v) is 3.37. The smallest absolute Gasteiger partial charge is 0.314 e. The maximum atomic E-state index is 11.0. The van der Waals surface area contributed by atoms with Crippen LogP contribution >= 0.6 is 36.4 Å². The number of benzene rings is 1.